The molecule has 1 radical (unpaired) electrons. The average molecular weight is 327 g/mol. The minimum absolute atomic E-state index is 0. The van der Waals surface area contributed by atoms with Gasteiger partial charge in [-0.2, -0.15) is 0 Å². The first-order valence-electron chi connectivity index (χ1n) is 2.72. The van der Waals surface area contributed by atoms with Gasteiger partial charge in [-0.15, -0.1) is 0 Å². The maximum Gasteiger partial charge on any atom is 3.00 e. The zero-order valence-corrected chi connectivity index (χ0v) is 9.98. The minimum atomic E-state index is -1.08. The van der Waals surface area contributed by atoms with Crippen molar-refractivity contribution in [2.75, 3.05) is 0 Å². The zero-order valence-electron chi connectivity index (χ0n) is 7.36. The van der Waals surface area contributed by atoms with Crippen molar-refractivity contribution in [3.8, 4) is 0 Å². The van der Waals surface area contributed by atoms with Gasteiger partial charge in [0, 0.05) is 17.9 Å². The van der Waals surface area contributed by atoms with Gasteiger partial charge in [0.05, 0.1) is 0 Å². The van der Waals surface area contributed by atoms with Gasteiger partial charge >= 0.3 is 40.4 Å². The van der Waals surface area contributed by atoms with Crippen LogP contribution in [0.4, 0.5) is 0 Å². The van der Waals surface area contributed by atoms with Crippen LogP contribution in [-0.4, -0.2) is 17.9 Å². The Balaban J connectivity index is -0.0000000450. The molecule has 0 aromatic carbocycles. The summed E-state index contributed by atoms with van der Waals surface area (Å²) in [5.41, 5.74) is 0. The standard InChI is InChI=1S/3C2H4O2.Sm/c3*1-2(3)4;/h3*1H3,(H,3,4);/q;;;+3/p-3. The first-order chi connectivity index (χ1) is 5.20. The third-order valence-corrected chi connectivity index (χ3v) is 0. The first-order valence-corrected chi connectivity index (χ1v) is 2.72. The van der Waals surface area contributed by atoms with Gasteiger partial charge in [0.25, 0.3) is 0 Å². The minimum Gasteiger partial charge on any atom is -0.550 e. The SMILES string of the molecule is CC(=O)[O-].CC(=O)[O-].CC(=O)[O-].[Sm+3]. The molecule has 0 spiro atoms. The molecule has 0 fully saturated rings. The Morgan fingerprint density at radius 3 is 0.692 bits per heavy atom. The first kappa shape index (κ1) is 23.0. The maximum atomic E-state index is 8.89. The molecule has 0 aliphatic carbocycles. The van der Waals surface area contributed by atoms with E-state index in [1.165, 1.54) is 0 Å². The summed E-state index contributed by atoms with van der Waals surface area (Å²) >= 11 is 0. The Bertz CT molecular complexity index is 115. The molecule has 0 aromatic rings. The van der Waals surface area contributed by atoms with E-state index < -0.39 is 17.9 Å². The molecule has 0 heterocycles. The van der Waals surface area contributed by atoms with Crippen molar-refractivity contribution < 1.29 is 70.1 Å². The topological polar surface area (TPSA) is 120 Å². The number of aliphatic carboxylic acids is 3. The second-order valence-corrected chi connectivity index (χ2v) is 1.47. The molecule has 7 heteroatoms. The van der Waals surface area contributed by atoms with E-state index >= 15 is 0 Å². The van der Waals surface area contributed by atoms with Crippen LogP contribution in [0.5, 0.6) is 0 Å². The van der Waals surface area contributed by atoms with Crippen molar-refractivity contribution in [3.05, 3.63) is 0 Å². The molecule has 0 rings (SSSR count). The van der Waals surface area contributed by atoms with E-state index in [0.717, 1.165) is 20.8 Å². The van der Waals surface area contributed by atoms with Crippen molar-refractivity contribution >= 4 is 17.9 Å². The predicted molar refractivity (Wildman–Crippen MR) is 32.0 cm³/mol. The maximum absolute atomic E-state index is 8.89. The monoisotopic (exact) mass is 329 g/mol. The second kappa shape index (κ2) is 17.7. The molecule has 0 aliphatic rings. The Morgan fingerprint density at radius 1 is 0.692 bits per heavy atom. The molecule has 13 heavy (non-hydrogen) atoms. The van der Waals surface area contributed by atoms with E-state index in [9.17, 15) is 0 Å². The van der Waals surface area contributed by atoms with Crippen LogP contribution in [0.3, 0.4) is 0 Å². The normalized spacial score (nSPS) is 5.77. The number of carboxylic acid groups (broad SMARTS) is 3. The van der Waals surface area contributed by atoms with E-state index in [4.69, 9.17) is 29.7 Å². The molecule has 0 N–H and O–H groups in total. The number of hydrogen-bond acceptors (Lipinski definition) is 6. The van der Waals surface area contributed by atoms with Crippen molar-refractivity contribution in [2.24, 2.45) is 0 Å². The summed E-state index contributed by atoms with van der Waals surface area (Å²) < 4.78 is 0. The van der Waals surface area contributed by atoms with E-state index in [2.05, 4.69) is 0 Å². The molecule has 75 valence electrons. The number of rotatable bonds is 0. The summed E-state index contributed by atoms with van der Waals surface area (Å²) in [4.78, 5) is 26.7. The van der Waals surface area contributed by atoms with Gasteiger partial charge < -0.3 is 29.7 Å². The fourth-order valence-electron chi connectivity index (χ4n) is 0. The van der Waals surface area contributed by atoms with Crippen LogP contribution in [-0.2, 0) is 14.4 Å². The Labute approximate surface area is 108 Å². The largest absolute Gasteiger partial charge is 3.00 e. The van der Waals surface area contributed by atoms with Crippen molar-refractivity contribution in [1.29, 1.82) is 0 Å². The quantitative estimate of drug-likeness (QED) is 0.451. The summed E-state index contributed by atoms with van der Waals surface area (Å²) in [7, 11) is 0. The Kier molecular flexibility index (Phi) is 31.4. The molecule has 0 unspecified atom stereocenters. The predicted octanol–water partition coefficient (Wildman–Crippen LogP) is -3.73. The van der Waals surface area contributed by atoms with Gasteiger partial charge in [0.15, 0.2) is 0 Å². The fourth-order valence-corrected chi connectivity index (χ4v) is 0. The van der Waals surface area contributed by atoms with Gasteiger partial charge in [-0.3, -0.25) is 0 Å². The van der Waals surface area contributed by atoms with Crippen molar-refractivity contribution in [3.63, 3.8) is 0 Å². The summed E-state index contributed by atoms with van der Waals surface area (Å²) in [6.07, 6.45) is 0. The third kappa shape index (κ3) is 17500. The van der Waals surface area contributed by atoms with Crippen molar-refractivity contribution in [2.45, 2.75) is 20.8 Å². The van der Waals surface area contributed by atoms with Crippen LogP contribution >= 0.6 is 0 Å². The number of carbonyl (C=O) groups is 3. The van der Waals surface area contributed by atoms with Gasteiger partial charge in [-0.25, -0.2) is 0 Å². The molecule has 0 bridgehead atoms. The molecule has 0 saturated heterocycles. The number of hydrogen-bond donors (Lipinski definition) is 0. The molecular weight excluding hydrogens is 318 g/mol. The Hall–Kier alpha value is -0.252. The summed E-state index contributed by atoms with van der Waals surface area (Å²) in [5, 5.41) is 26.7. The van der Waals surface area contributed by atoms with Crippen LogP contribution < -0.4 is 15.3 Å². The van der Waals surface area contributed by atoms with Gasteiger partial charge in [-0.05, 0) is 20.8 Å². The summed E-state index contributed by atoms with van der Waals surface area (Å²) in [6.45, 7) is 2.92. The van der Waals surface area contributed by atoms with E-state index in [1.54, 1.807) is 0 Å². The van der Waals surface area contributed by atoms with Crippen LogP contribution in [0.25, 0.3) is 0 Å². The molecule has 6 nitrogen and oxygen atoms in total. The molecule has 0 aliphatic heterocycles. The molecule has 0 aromatic heterocycles. The number of carbonyl (C=O) groups excluding carboxylic acids is 3. The molecule has 0 saturated carbocycles. The van der Waals surface area contributed by atoms with Crippen LogP contribution in [0.2, 0.25) is 0 Å². The summed E-state index contributed by atoms with van der Waals surface area (Å²) in [6, 6.07) is 0. The Morgan fingerprint density at radius 2 is 0.692 bits per heavy atom. The van der Waals surface area contributed by atoms with Gasteiger partial charge in [-0.1, -0.05) is 0 Å². The zero-order chi connectivity index (χ0) is 10.7. The van der Waals surface area contributed by atoms with Gasteiger partial charge in [0.2, 0.25) is 0 Å². The van der Waals surface area contributed by atoms with E-state index in [-0.39, 0.29) is 40.4 Å². The van der Waals surface area contributed by atoms with Crippen LogP contribution in [0, 0.1) is 40.4 Å². The third-order valence-electron chi connectivity index (χ3n) is 0. The van der Waals surface area contributed by atoms with Crippen LogP contribution in [0.15, 0.2) is 0 Å². The average Bonchev–Trinajstić information content (AvgIpc) is 1.54. The van der Waals surface area contributed by atoms with Crippen LogP contribution in [0.1, 0.15) is 20.8 Å². The smallest absolute Gasteiger partial charge is 0.550 e. The second-order valence-electron chi connectivity index (χ2n) is 1.47. The molecule has 0 amide bonds. The van der Waals surface area contributed by atoms with E-state index in [1.807, 2.05) is 0 Å². The molecular formula is C6H9O6Sm. The number of carboxylic acids is 3. The summed E-state index contributed by atoms with van der Waals surface area (Å²) in [5.74, 6) is -3.25. The van der Waals surface area contributed by atoms with Gasteiger partial charge in [0.1, 0.15) is 0 Å². The fraction of sp³-hybridized carbons (Fsp3) is 0.500. The molecule has 0 atom stereocenters. The van der Waals surface area contributed by atoms with E-state index in [0.29, 0.717) is 0 Å². The van der Waals surface area contributed by atoms with Crippen molar-refractivity contribution in [1.82, 2.24) is 0 Å².